The number of aromatic nitrogens is 3. The summed E-state index contributed by atoms with van der Waals surface area (Å²) in [6, 6.07) is 22.4. The lowest BCUT2D eigenvalue weighted by molar-refractivity contribution is 0.101. The van der Waals surface area contributed by atoms with Gasteiger partial charge in [0.25, 0.3) is 5.91 Å². The van der Waals surface area contributed by atoms with Crippen molar-refractivity contribution in [1.82, 2.24) is 14.1 Å². The number of aryl methyl sites for hydroxylation is 2. The summed E-state index contributed by atoms with van der Waals surface area (Å²) in [7, 11) is 0. The lowest BCUT2D eigenvalue weighted by atomic mass is 10.1. The molecule has 0 spiro atoms. The molecule has 0 atom stereocenters. The first-order valence-electron chi connectivity index (χ1n) is 10.2. The molecule has 3 heterocycles. The van der Waals surface area contributed by atoms with Crippen LogP contribution in [0.1, 0.15) is 21.6 Å². The summed E-state index contributed by atoms with van der Waals surface area (Å²) in [4.78, 5) is 17.3. The van der Waals surface area contributed by atoms with E-state index in [1.165, 1.54) is 5.56 Å². The van der Waals surface area contributed by atoms with Gasteiger partial charge in [0.05, 0.1) is 16.5 Å². The molecule has 5 rings (SSSR count). The quantitative estimate of drug-likeness (QED) is 0.377. The number of nitrogens with zero attached hydrogens (tertiary/aromatic N) is 3. The molecule has 0 saturated carbocycles. The van der Waals surface area contributed by atoms with E-state index < -0.39 is 0 Å². The van der Waals surface area contributed by atoms with E-state index in [2.05, 4.69) is 50.6 Å². The van der Waals surface area contributed by atoms with Gasteiger partial charge in [-0.05, 0) is 47.2 Å². The number of rotatable bonds is 7. The summed E-state index contributed by atoms with van der Waals surface area (Å²) >= 11 is 1.66. The Labute approximate surface area is 184 Å². The molecule has 1 amide bonds. The second kappa shape index (κ2) is 8.62. The lowest BCUT2D eigenvalue weighted by Crippen LogP contribution is -2.18. The van der Waals surface area contributed by atoms with E-state index in [4.69, 9.17) is 0 Å². The third kappa shape index (κ3) is 4.29. The molecule has 5 aromatic rings. The molecule has 0 bridgehead atoms. The Kier molecular flexibility index (Phi) is 5.37. The maximum atomic E-state index is 13.2. The van der Waals surface area contributed by atoms with Crippen molar-refractivity contribution in [1.29, 1.82) is 0 Å². The molecule has 0 radical (unpaired) electrons. The standard InChI is InChI=1S/C25H22N4OS/c30-25(27-21-8-4-7-20(15-21)17-28-13-11-26-18-28)23-16-24-22(10-14-31-24)29(23)12-9-19-5-2-1-3-6-19/h1-8,10-11,13-16,18H,9,12,17H2,(H,27,30). The van der Waals surface area contributed by atoms with Crippen molar-refractivity contribution >= 4 is 33.1 Å². The summed E-state index contributed by atoms with van der Waals surface area (Å²) in [6.07, 6.45) is 6.36. The van der Waals surface area contributed by atoms with E-state index in [9.17, 15) is 4.79 Å². The molecule has 1 N–H and O–H groups in total. The van der Waals surface area contributed by atoms with Gasteiger partial charge in [-0.25, -0.2) is 4.98 Å². The minimum Gasteiger partial charge on any atom is -0.335 e. The van der Waals surface area contributed by atoms with E-state index in [1.54, 1.807) is 23.9 Å². The van der Waals surface area contributed by atoms with Crippen molar-refractivity contribution in [3.63, 3.8) is 0 Å². The number of fused-ring (bicyclic) bond motifs is 1. The van der Waals surface area contributed by atoms with Gasteiger partial charge in [-0.2, -0.15) is 0 Å². The average Bonchev–Trinajstić information content (AvgIpc) is 3.51. The zero-order valence-corrected chi connectivity index (χ0v) is 17.8. The molecule has 31 heavy (non-hydrogen) atoms. The highest BCUT2D eigenvalue weighted by molar-refractivity contribution is 7.17. The van der Waals surface area contributed by atoms with Crippen molar-refractivity contribution in [2.75, 3.05) is 5.32 Å². The number of thiophene rings is 1. The number of carbonyl (C=O) groups is 1. The van der Waals surface area contributed by atoms with Crippen molar-refractivity contribution < 1.29 is 4.79 Å². The summed E-state index contributed by atoms with van der Waals surface area (Å²) in [5.74, 6) is -0.0868. The van der Waals surface area contributed by atoms with Gasteiger partial charge in [0, 0.05) is 31.2 Å². The monoisotopic (exact) mass is 426 g/mol. The fraction of sp³-hybridized carbons (Fsp3) is 0.120. The van der Waals surface area contributed by atoms with E-state index >= 15 is 0 Å². The number of hydrogen-bond donors (Lipinski definition) is 1. The number of amides is 1. The Morgan fingerprint density at radius 2 is 1.87 bits per heavy atom. The molecular weight excluding hydrogens is 404 g/mol. The molecule has 0 aliphatic heterocycles. The highest BCUT2D eigenvalue weighted by Gasteiger charge is 2.17. The summed E-state index contributed by atoms with van der Waals surface area (Å²) in [5.41, 5.74) is 4.97. The predicted molar refractivity (Wildman–Crippen MR) is 126 cm³/mol. The first kappa shape index (κ1) is 19.3. The van der Waals surface area contributed by atoms with Crippen LogP contribution in [0.15, 0.2) is 90.8 Å². The van der Waals surface area contributed by atoms with Crippen LogP contribution in [-0.2, 0) is 19.5 Å². The number of nitrogens with one attached hydrogen (secondary N) is 1. The van der Waals surface area contributed by atoms with Gasteiger partial charge in [-0.1, -0.05) is 42.5 Å². The van der Waals surface area contributed by atoms with Gasteiger partial charge in [0.1, 0.15) is 5.69 Å². The van der Waals surface area contributed by atoms with Crippen LogP contribution in [0.5, 0.6) is 0 Å². The van der Waals surface area contributed by atoms with Gasteiger partial charge >= 0.3 is 0 Å². The molecule has 6 heteroatoms. The molecule has 3 aromatic heterocycles. The maximum Gasteiger partial charge on any atom is 0.272 e. The second-order valence-corrected chi connectivity index (χ2v) is 8.42. The van der Waals surface area contributed by atoms with Crippen LogP contribution in [-0.4, -0.2) is 20.0 Å². The predicted octanol–water partition coefficient (Wildman–Crippen LogP) is 5.44. The van der Waals surface area contributed by atoms with Gasteiger partial charge in [0.15, 0.2) is 0 Å². The minimum atomic E-state index is -0.0868. The zero-order valence-electron chi connectivity index (χ0n) is 16.9. The molecule has 0 aliphatic rings. The van der Waals surface area contributed by atoms with Crippen molar-refractivity contribution in [3.8, 4) is 0 Å². The van der Waals surface area contributed by atoms with Gasteiger partial charge in [-0.15, -0.1) is 11.3 Å². The molecule has 5 nitrogen and oxygen atoms in total. The Morgan fingerprint density at radius 3 is 2.71 bits per heavy atom. The van der Waals surface area contributed by atoms with E-state index in [-0.39, 0.29) is 5.91 Å². The summed E-state index contributed by atoms with van der Waals surface area (Å²) in [5, 5.41) is 5.16. The van der Waals surface area contributed by atoms with Crippen LogP contribution in [0.3, 0.4) is 0 Å². The first-order valence-corrected chi connectivity index (χ1v) is 11.1. The largest absolute Gasteiger partial charge is 0.335 e. The first-order chi connectivity index (χ1) is 15.3. The third-order valence-corrected chi connectivity index (χ3v) is 6.18. The molecule has 0 unspecified atom stereocenters. The van der Waals surface area contributed by atoms with Crippen LogP contribution in [0, 0.1) is 0 Å². The van der Waals surface area contributed by atoms with Crippen LogP contribution < -0.4 is 5.32 Å². The highest BCUT2D eigenvalue weighted by atomic mass is 32.1. The van der Waals surface area contributed by atoms with Crippen LogP contribution in [0.4, 0.5) is 5.69 Å². The van der Waals surface area contributed by atoms with Crippen molar-refractivity contribution in [2.24, 2.45) is 0 Å². The number of imidazole rings is 1. The fourth-order valence-electron chi connectivity index (χ4n) is 3.83. The summed E-state index contributed by atoms with van der Waals surface area (Å²) < 4.78 is 5.26. The minimum absolute atomic E-state index is 0.0868. The van der Waals surface area contributed by atoms with E-state index in [0.29, 0.717) is 12.2 Å². The number of anilines is 1. The van der Waals surface area contributed by atoms with Gasteiger partial charge < -0.3 is 14.5 Å². The number of hydrogen-bond acceptors (Lipinski definition) is 3. The SMILES string of the molecule is O=C(Nc1cccc(Cn2ccnc2)c1)c1cc2sccc2n1CCc1ccccc1. The molecule has 0 aliphatic carbocycles. The van der Waals surface area contributed by atoms with E-state index in [1.807, 2.05) is 47.2 Å². The average molecular weight is 427 g/mol. The van der Waals surface area contributed by atoms with Crippen LogP contribution >= 0.6 is 11.3 Å². The number of carbonyl (C=O) groups excluding carboxylic acids is 1. The Bertz CT molecular complexity index is 1300. The highest BCUT2D eigenvalue weighted by Crippen LogP contribution is 2.26. The number of benzene rings is 2. The molecular formula is C25H22N4OS. The third-order valence-electron chi connectivity index (χ3n) is 5.33. The van der Waals surface area contributed by atoms with Crippen LogP contribution in [0.25, 0.3) is 10.2 Å². The fourth-order valence-corrected chi connectivity index (χ4v) is 4.65. The normalized spacial score (nSPS) is 11.1. The summed E-state index contributed by atoms with van der Waals surface area (Å²) in [6.45, 7) is 1.47. The van der Waals surface area contributed by atoms with Gasteiger partial charge in [0.2, 0.25) is 0 Å². The molecule has 0 fully saturated rings. The lowest BCUT2D eigenvalue weighted by Gasteiger charge is -2.12. The smallest absolute Gasteiger partial charge is 0.272 e. The van der Waals surface area contributed by atoms with Crippen molar-refractivity contribution in [2.45, 2.75) is 19.5 Å². The van der Waals surface area contributed by atoms with Crippen LogP contribution in [0.2, 0.25) is 0 Å². The maximum absolute atomic E-state index is 13.2. The Balaban J connectivity index is 1.37. The van der Waals surface area contributed by atoms with Gasteiger partial charge in [-0.3, -0.25) is 4.79 Å². The second-order valence-electron chi connectivity index (χ2n) is 7.48. The molecule has 0 saturated heterocycles. The molecule has 154 valence electrons. The Hall–Kier alpha value is -3.64. The topological polar surface area (TPSA) is 51.9 Å². The molecule has 2 aromatic carbocycles. The van der Waals surface area contributed by atoms with E-state index in [0.717, 1.165) is 34.4 Å². The Morgan fingerprint density at radius 1 is 1.00 bits per heavy atom. The van der Waals surface area contributed by atoms with Crippen molar-refractivity contribution in [3.05, 3.63) is 108 Å². The zero-order chi connectivity index (χ0) is 21.0.